The molecule has 24 heavy (non-hydrogen) atoms. The maximum atomic E-state index is 7.57. The third-order valence-corrected chi connectivity index (χ3v) is 4.32. The zero-order valence-electron chi connectivity index (χ0n) is 16.4. The summed E-state index contributed by atoms with van der Waals surface area (Å²) in [5.41, 5.74) is 0. The number of aromatic nitrogens is 2. The summed E-state index contributed by atoms with van der Waals surface area (Å²) in [5, 5.41) is 7.57. The van der Waals surface area contributed by atoms with Crippen LogP contribution in [-0.4, -0.2) is 21.7 Å². The van der Waals surface area contributed by atoms with Crippen LogP contribution in [0.3, 0.4) is 0 Å². The summed E-state index contributed by atoms with van der Waals surface area (Å²) < 4.78 is 0. The molecule has 0 spiro atoms. The Hall–Kier alpha value is -0.830. The molecule has 0 aliphatic heterocycles. The van der Waals surface area contributed by atoms with Gasteiger partial charge in [0.1, 0.15) is 5.82 Å². The fourth-order valence-electron chi connectivity index (χ4n) is 2.92. The number of nitrogens with one attached hydrogen (secondary N) is 1. The first-order chi connectivity index (χ1) is 11.8. The van der Waals surface area contributed by atoms with E-state index in [0.29, 0.717) is 0 Å². The van der Waals surface area contributed by atoms with E-state index in [-0.39, 0.29) is 6.61 Å². The fraction of sp³-hybridized carbons (Fsp3) is 0.857. The van der Waals surface area contributed by atoms with E-state index in [1.807, 2.05) is 12.4 Å². The smallest absolute Gasteiger partial charge is 0.105 e. The molecule has 1 heterocycles. The van der Waals surface area contributed by atoms with E-state index in [2.05, 4.69) is 16.9 Å². The van der Waals surface area contributed by atoms with Gasteiger partial charge in [-0.2, -0.15) is 0 Å². The quantitative estimate of drug-likeness (QED) is 0.362. The van der Waals surface area contributed by atoms with Crippen LogP contribution in [-0.2, 0) is 6.42 Å². The van der Waals surface area contributed by atoms with Crippen LogP contribution in [0.15, 0.2) is 12.4 Å². The number of aryl methyl sites for hydroxylation is 1. The van der Waals surface area contributed by atoms with Crippen molar-refractivity contribution < 1.29 is 5.11 Å². The molecule has 1 aromatic rings. The van der Waals surface area contributed by atoms with Gasteiger partial charge >= 0.3 is 0 Å². The highest BCUT2D eigenvalue weighted by Crippen LogP contribution is 2.13. The van der Waals surface area contributed by atoms with Crippen molar-refractivity contribution in [1.82, 2.24) is 9.97 Å². The molecular formula is C21H42N2O. The first kappa shape index (κ1) is 23.2. The standard InChI is InChI=1S/C19H36N2.C2H6O/c1-2-3-4-5-6-7-8-9-10-11-12-13-14-15-16-19-20-17-18-21-19;1-2-3/h17-18H,2-16H2,1H3,(H,20,21);3H,2H2,1H3. The number of imidazole rings is 1. The second-order valence-electron chi connectivity index (χ2n) is 6.70. The summed E-state index contributed by atoms with van der Waals surface area (Å²) in [6.45, 7) is 4.22. The third-order valence-electron chi connectivity index (χ3n) is 4.32. The number of unbranched alkanes of at least 4 members (excludes halogenated alkanes) is 13. The molecule has 0 atom stereocenters. The lowest BCUT2D eigenvalue weighted by Crippen LogP contribution is -1.88. The van der Waals surface area contributed by atoms with Crippen molar-refractivity contribution in [3.05, 3.63) is 18.2 Å². The number of aliphatic hydroxyl groups excluding tert-OH is 1. The van der Waals surface area contributed by atoms with Crippen LogP contribution >= 0.6 is 0 Å². The average Bonchev–Trinajstić information content (AvgIpc) is 3.09. The van der Waals surface area contributed by atoms with Crippen LogP contribution in [0.4, 0.5) is 0 Å². The predicted octanol–water partition coefficient (Wildman–Crippen LogP) is 6.43. The largest absolute Gasteiger partial charge is 0.397 e. The summed E-state index contributed by atoms with van der Waals surface area (Å²) in [4.78, 5) is 7.43. The van der Waals surface area contributed by atoms with Gasteiger partial charge in [-0.3, -0.25) is 0 Å². The Balaban J connectivity index is 0.00000163. The minimum Gasteiger partial charge on any atom is -0.397 e. The highest BCUT2D eigenvalue weighted by atomic mass is 16.2. The van der Waals surface area contributed by atoms with E-state index in [0.717, 1.165) is 12.2 Å². The Morgan fingerprint density at radius 2 is 1.17 bits per heavy atom. The van der Waals surface area contributed by atoms with Gasteiger partial charge in [-0.05, 0) is 13.3 Å². The number of hydrogen-bond acceptors (Lipinski definition) is 2. The van der Waals surface area contributed by atoms with Gasteiger partial charge in [0.15, 0.2) is 0 Å². The molecule has 2 N–H and O–H groups in total. The molecule has 0 amide bonds. The predicted molar refractivity (Wildman–Crippen MR) is 105 cm³/mol. The Morgan fingerprint density at radius 1 is 0.750 bits per heavy atom. The van der Waals surface area contributed by atoms with Crippen molar-refractivity contribution in [3.8, 4) is 0 Å². The molecule has 142 valence electrons. The van der Waals surface area contributed by atoms with Crippen molar-refractivity contribution >= 4 is 0 Å². The first-order valence-electron chi connectivity index (χ1n) is 10.4. The third kappa shape index (κ3) is 17.5. The van der Waals surface area contributed by atoms with Gasteiger partial charge in [-0.25, -0.2) is 4.98 Å². The molecule has 0 aliphatic rings. The maximum absolute atomic E-state index is 7.57. The van der Waals surface area contributed by atoms with E-state index < -0.39 is 0 Å². The van der Waals surface area contributed by atoms with E-state index in [9.17, 15) is 0 Å². The molecule has 0 aromatic carbocycles. The lowest BCUT2D eigenvalue weighted by atomic mass is 10.0. The van der Waals surface area contributed by atoms with Gasteiger partial charge in [0.2, 0.25) is 0 Å². The topological polar surface area (TPSA) is 48.9 Å². The Labute approximate surface area is 150 Å². The molecule has 0 fully saturated rings. The molecule has 0 saturated heterocycles. The zero-order chi connectivity index (χ0) is 17.7. The lowest BCUT2D eigenvalue weighted by Gasteiger charge is -2.03. The minimum atomic E-state index is 0.250. The minimum absolute atomic E-state index is 0.250. The molecule has 1 aromatic heterocycles. The van der Waals surface area contributed by atoms with Crippen LogP contribution in [0.2, 0.25) is 0 Å². The highest BCUT2D eigenvalue weighted by molar-refractivity contribution is 4.86. The van der Waals surface area contributed by atoms with Gasteiger partial charge in [0, 0.05) is 25.4 Å². The molecule has 3 heteroatoms. The van der Waals surface area contributed by atoms with Crippen molar-refractivity contribution in [2.45, 2.75) is 110 Å². The molecular weight excluding hydrogens is 296 g/mol. The zero-order valence-corrected chi connectivity index (χ0v) is 16.4. The fourth-order valence-corrected chi connectivity index (χ4v) is 2.92. The summed E-state index contributed by atoms with van der Waals surface area (Å²) in [5.74, 6) is 1.15. The SMILES string of the molecule is CCCCCCCCCCCCCCCCc1ncc[nH]1.CCO. The molecule has 0 unspecified atom stereocenters. The second kappa shape index (κ2) is 20.2. The summed E-state index contributed by atoms with van der Waals surface area (Å²) in [6, 6.07) is 0. The van der Waals surface area contributed by atoms with Crippen LogP contribution in [0.1, 0.15) is 110 Å². The van der Waals surface area contributed by atoms with Crippen molar-refractivity contribution in [2.24, 2.45) is 0 Å². The Kier molecular flexibility index (Phi) is 19.5. The van der Waals surface area contributed by atoms with E-state index in [1.165, 1.54) is 89.9 Å². The first-order valence-corrected chi connectivity index (χ1v) is 10.4. The number of hydrogen-bond donors (Lipinski definition) is 2. The molecule has 0 bridgehead atoms. The van der Waals surface area contributed by atoms with Crippen LogP contribution < -0.4 is 0 Å². The molecule has 0 radical (unpaired) electrons. The molecule has 3 nitrogen and oxygen atoms in total. The van der Waals surface area contributed by atoms with Crippen molar-refractivity contribution in [1.29, 1.82) is 0 Å². The average molecular weight is 339 g/mol. The monoisotopic (exact) mass is 338 g/mol. The number of aromatic amines is 1. The Morgan fingerprint density at radius 3 is 1.54 bits per heavy atom. The highest BCUT2D eigenvalue weighted by Gasteiger charge is 1.96. The number of nitrogens with zero attached hydrogens (tertiary/aromatic N) is 1. The Bertz CT molecular complexity index is 312. The molecule has 1 rings (SSSR count). The van der Waals surface area contributed by atoms with Crippen molar-refractivity contribution in [3.63, 3.8) is 0 Å². The molecule has 0 saturated carbocycles. The van der Waals surface area contributed by atoms with E-state index in [1.54, 1.807) is 6.92 Å². The van der Waals surface area contributed by atoms with Gasteiger partial charge < -0.3 is 10.1 Å². The second-order valence-corrected chi connectivity index (χ2v) is 6.70. The number of aliphatic hydroxyl groups is 1. The summed E-state index contributed by atoms with van der Waals surface area (Å²) in [6.07, 6.45) is 24.8. The number of H-pyrrole nitrogens is 1. The van der Waals surface area contributed by atoms with Gasteiger partial charge in [0.25, 0.3) is 0 Å². The lowest BCUT2D eigenvalue weighted by molar-refractivity contribution is 0.318. The normalized spacial score (nSPS) is 10.5. The van der Waals surface area contributed by atoms with E-state index in [4.69, 9.17) is 5.11 Å². The van der Waals surface area contributed by atoms with Crippen molar-refractivity contribution in [2.75, 3.05) is 6.61 Å². The van der Waals surface area contributed by atoms with E-state index >= 15 is 0 Å². The molecule has 0 aliphatic carbocycles. The summed E-state index contributed by atoms with van der Waals surface area (Å²) in [7, 11) is 0. The van der Waals surface area contributed by atoms with Gasteiger partial charge in [-0.1, -0.05) is 90.4 Å². The van der Waals surface area contributed by atoms with Crippen LogP contribution in [0.5, 0.6) is 0 Å². The maximum Gasteiger partial charge on any atom is 0.105 e. The van der Waals surface area contributed by atoms with Gasteiger partial charge in [0.05, 0.1) is 0 Å². The van der Waals surface area contributed by atoms with Crippen LogP contribution in [0.25, 0.3) is 0 Å². The van der Waals surface area contributed by atoms with Gasteiger partial charge in [-0.15, -0.1) is 0 Å². The van der Waals surface area contributed by atoms with Crippen LogP contribution in [0, 0.1) is 0 Å². The number of rotatable bonds is 15. The summed E-state index contributed by atoms with van der Waals surface area (Å²) >= 11 is 0.